The first-order valence-corrected chi connectivity index (χ1v) is 4.76. The first kappa shape index (κ1) is 12.2. The fourth-order valence-corrected chi connectivity index (χ4v) is 1.25. The van der Waals surface area contributed by atoms with Crippen LogP contribution in [0.1, 0.15) is 6.92 Å². The Morgan fingerprint density at radius 2 is 2.31 bits per heavy atom. The molecule has 0 aromatic carbocycles. The fraction of sp³-hybridized carbons (Fsp3) is 0.500. The minimum absolute atomic E-state index is 0.132. The van der Waals surface area contributed by atoms with E-state index in [1.807, 2.05) is 0 Å². The number of carbonyl (C=O) groups excluding carboxylic acids is 3. The van der Waals surface area contributed by atoms with E-state index in [1.165, 1.54) is 0 Å². The summed E-state index contributed by atoms with van der Waals surface area (Å²) < 4.78 is 14.1. The molecule has 16 heavy (non-hydrogen) atoms. The zero-order chi connectivity index (χ0) is 12.1. The topological polar surface area (TPSA) is 78.9 Å². The van der Waals surface area contributed by atoms with Gasteiger partial charge in [-0.3, -0.25) is 4.79 Å². The molecule has 0 amide bonds. The van der Waals surface area contributed by atoms with Crippen molar-refractivity contribution in [3.8, 4) is 0 Å². The Kier molecular flexibility index (Phi) is 4.04. The predicted octanol–water partition coefficient (Wildman–Crippen LogP) is -0.180. The molecule has 0 N–H and O–H groups in total. The summed E-state index contributed by atoms with van der Waals surface area (Å²) in [6.45, 7) is 4.88. The van der Waals surface area contributed by atoms with Crippen LogP contribution in [0.4, 0.5) is 0 Å². The van der Waals surface area contributed by atoms with E-state index in [9.17, 15) is 14.4 Å². The van der Waals surface area contributed by atoms with Crippen LogP contribution in [0.5, 0.6) is 0 Å². The third-order valence-electron chi connectivity index (χ3n) is 2.00. The lowest BCUT2D eigenvalue weighted by molar-refractivity contribution is -0.162. The number of rotatable bonds is 4. The molecule has 0 bridgehead atoms. The predicted molar refractivity (Wildman–Crippen MR) is 51.2 cm³/mol. The van der Waals surface area contributed by atoms with E-state index in [2.05, 4.69) is 11.3 Å². The second-order valence-electron chi connectivity index (χ2n) is 3.05. The van der Waals surface area contributed by atoms with Crippen LogP contribution in [-0.4, -0.2) is 37.2 Å². The molecule has 6 heteroatoms. The van der Waals surface area contributed by atoms with Crippen LogP contribution in [0, 0.1) is 5.92 Å². The van der Waals surface area contributed by atoms with Gasteiger partial charge in [-0.1, -0.05) is 6.58 Å². The molecule has 1 rings (SSSR count). The van der Waals surface area contributed by atoms with E-state index in [0.29, 0.717) is 0 Å². The smallest absolute Gasteiger partial charge is 0.348 e. The van der Waals surface area contributed by atoms with Gasteiger partial charge in [0, 0.05) is 6.08 Å². The van der Waals surface area contributed by atoms with Gasteiger partial charge in [-0.2, -0.15) is 0 Å². The number of cyclic esters (lactones) is 1. The number of carbonyl (C=O) groups is 3. The lowest BCUT2D eigenvalue weighted by Crippen LogP contribution is -2.34. The molecule has 1 aliphatic rings. The minimum atomic E-state index is -1.23. The highest BCUT2D eigenvalue weighted by Crippen LogP contribution is 2.20. The maximum absolute atomic E-state index is 11.4. The third-order valence-corrected chi connectivity index (χ3v) is 2.00. The van der Waals surface area contributed by atoms with Crippen LogP contribution in [-0.2, 0) is 28.6 Å². The Bertz CT molecular complexity index is 321. The van der Waals surface area contributed by atoms with Gasteiger partial charge in [-0.15, -0.1) is 0 Å². The fourth-order valence-electron chi connectivity index (χ4n) is 1.25. The van der Waals surface area contributed by atoms with Gasteiger partial charge in [0.25, 0.3) is 0 Å². The van der Waals surface area contributed by atoms with Crippen molar-refractivity contribution in [3.63, 3.8) is 0 Å². The van der Waals surface area contributed by atoms with Crippen molar-refractivity contribution in [1.82, 2.24) is 0 Å². The minimum Gasteiger partial charge on any atom is -0.466 e. The molecule has 88 valence electrons. The number of hydrogen-bond acceptors (Lipinski definition) is 6. The Balaban J connectivity index is 2.69. The van der Waals surface area contributed by atoms with E-state index < -0.39 is 29.9 Å². The highest BCUT2D eigenvalue weighted by molar-refractivity contribution is 5.90. The molecule has 2 atom stereocenters. The Hall–Kier alpha value is -1.85. The molecule has 6 nitrogen and oxygen atoms in total. The summed E-state index contributed by atoms with van der Waals surface area (Å²) in [4.78, 5) is 33.5. The van der Waals surface area contributed by atoms with Gasteiger partial charge in [0.15, 0.2) is 0 Å². The van der Waals surface area contributed by atoms with Crippen LogP contribution < -0.4 is 0 Å². The average Bonchev–Trinajstić information content (AvgIpc) is 2.61. The highest BCUT2D eigenvalue weighted by atomic mass is 16.6. The van der Waals surface area contributed by atoms with Crippen LogP contribution in [0.2, 0.25) is 0 Å². The normalized spacial score (nSPS) is 23.4. The van der Waals surface area contributed by atoms with Gasteiger partial charge in [-0.05, 0) is 6.92 Å². The molecule has 2 unspecified atom stereocenters. The lowest BCUT2D eigenvalue weighted by Gasteiger charge is -2.13. The summed E-state index contributed by atoms with van der Waals surface area (Å²) in [6, 6.07) is 0. The lowest BCUT2D eigenvalue weighted by atomic mass is 10.1. The van der Waals surface area contributed by atoms with E-state index >= 15 is 0 Å². The standard InChI is InChI=1S/C10H12O6/c1-3-7(11)16-8-6(5-15-10(8)13)9(12)14-4-2/h3,6,8H,1,4-5H2,2H3. The molecule has 1 aliphatic heterocycles. The molecular formula is C10H12O6. The number of hydrogen-bond donors (Lipinski definition) is 0. The first-order valence-electron chi connectivity index (χ1n) is 4.76. The van der Waals surface area contributed by atoms with Crippen molar-refractivity contribution >= 4 is 17.9 Å². The SMILES string of the molecule is C=CC(=O)OC1C(=O)OCC1C(=O)OCC. The molecule has 0 aromatic rings. The van der Waals surface area contributed by atoms with Crippen LogP contribution >= 0.6 is 0 Å². The van der Waals surface area contributed by atoms with Crippen LogP contribution in [0.15, 0.2) is 12.7 Å². The second kappa shape index (κ2) is 5.29. The Labute approximate surface area is 92.2 Å². The highest BCUT2D eigenvalue weighted by Gasteiger charge is 2.45. The van der Waals surface area contributed by atoms with Gasteiger partial charge < -0.3 is 14.2 Å². The number of esters is 3. The molecule has 0 saturated carbocycles. The van der Waals surface area contributed by atoms with Crippen molar-refractivity contribution < 1.29 is 28.6 Å². The maximum atomic E-state index is 11.4. The van der Waals surface area contributed by atoms with Crippen LogP contribution in [0.3, 0.4) is 0 Å². The summed E-state index contributed by atoms with van der Waals surface area (Å²) in [7, 11) is 0. The molecule has 1 heterocycles. The molecule has 0 aromatic heterocycles. The van der Waals surface area contributed by atoms with Gasteiger partial charge in [0.05, 0.1) is 6.61 Å². The van der Waals surface area contributed by atoms with E-state index in [0.717, 1.165) is 6.08 Å². The zero-order valence-electron chi connectivity index (χ0n) is 8.80. The maximum Gasteiger partial charge on any atom is 0.348 e. The summed E-state index contributed by atoms with van der Waals surface area (Å²) in [6.07, 6.45) is -0.321. The molecule has 0 aliphatic carbocycles. The zero-order valence-corrected chi connectivity index (χ0v) is 8.80. The van der Waals surface area contributed by atoms with Gasteiger partial charge in [-0.25, -0.2) is 9.59 Å². The Morgan fingerprint density at radius 1 is 1.62 bits per heavy atom. The van der Waals surface area contributed by atoms with Crippen LogP contribution in [0.25, 0.3) is 0 Å². The number of ether oxygens (including phenoxy) is 3. The monoisotopic (exact) mass is 228 g/mol. The third kappa shape index (κ3) is 2.59. The summed E-state index contributed by atoms with van der Waals surface area (Å²) in [5.41, 5.74) is 0. The van der Waals surface area contributed by atoms with Gasteiger partial charge >= 0.3 is 17.9 Å². The molecule has 0 spiro atoms. The van der Waals surface area contributed by atoms with Crippen molar-refractivity contribution in [2.75, 3.05) is 13.2 Å². The van der Waals surface area contributed by atoms with E-state index in [4.69, 9.17) is 9.47 Å². The molecule has 1 fully saturated rings. The largest absolute Gasteiger partial charge is 0.466 e. The van der Waals surface area contributed by atoms with Gasteiger partial charge in [0.2, 0.25) is 6.10 Å². The summed E-state index contributed by atoms with van der Waals surface area (Å²) in [5.74, 6) is -3.03. The van der Waals surface area contributed by atoms with Gasteiger partial charge in [0.1, 0.15) is 12.5 Å². The molecule has 0 radical (unpaired) electrons. The van der Waals surface area contributed by atoms with E-state index in [-0.39, 0.29) is 13.2 Å². The average molecular weight is 228 g/mol. The molecular weight excluding hydrogens is 216 g/mol. The van der Waals surface area contributed by atoms with E-state index in [1.54, 1.807) is 6.92 Å². The summed E-state index contributed by atoms with van der Waals surface area (Å²) >= 11 is 0. The second-order valence-corrected chi connectivity index (χ2v) is 3.05. The van der Waals surface area contributed by atoms with Crippen molar-refractivity contribution in [2.45, 2.75) is 13.0 Å². The van der Waals surface area contributed by atoms with Crippen molar-refractivity contribution in [2.24, 2.45) is 5.92 Å². The Morgan fingerprint density at radius 3 is 2.88 bits per heavy atom. The summed E-state index contributed by atoms with van der Waals surface area (Å²) in [5, 5.41) is 0. The molecule has 1 saturated heterocycles. The quantitative estimate of drug-likeness (QED) is 0.377. The van der Waals surface area contributed by atoms with Crippen molar-refractivity contribution in [1.29, 1.82) is 0 Å². The first-order chi connectivity index (χ1) is 7.60. The van der Waals surface area contributed by atoms with Crippen molar-refractivity contribution in [3.05, 3.63) is 12.7 Å².